The fraction of sp³-hybridized carbons (Fsp3) is 1.00. The molecule has 10 atom stereocenters. The van der Waals surface area contributed by atoms with Gasteiger partial charge in [-0.2, -0.15) is 0 Å². The zero-order chi connectivity index (χ0) is 21.0. The van der Waals surface area contributed by atoms with Crippen molar-refractivity contribution < 1.29 is 5.11 Å². The van der Waals surface area contributed by atoms with E-state index in [2.05, 4.69) is 59.3 Å². The third-order valence-corrected chi connectivity index (χ3v) is 12.5. The summed E-state index contributed by atoms with van der Waals surface area (Å²) in [5.41, 5.74) is 2.14. The van der Waals surface area contributed by atoms with E-state index in [0.29, 0.717) is 39.7 Å². The summed E-state index contributed by atoms with van der Waals surface area (Å²) < 4.78 is 0. The van der Waals surface area contributed by atoms with Gasteiger partial charge in [-0.15, -0.1) is 0 Å². The zero-order valence-corrected chi connectivity index (χ0v) is 20.1. The minimum Gasteiger partial charge on any atom is -0.393 e. The first-order valence-electron chi connectivity index (χ1n) is 12.6. The van der Waals surface area contributed by atoms with Crippen molar-refractivity contribution in [3.05, 3.63) is 0 Å². The molecule has 0 aromatic rings. The highest BCUT2D eigenvalue weighted by molar-refractivity contribution is 5.31. The van der Waals surface area contributed by atoms with Crippen LogP contribution in [-0.4, -0.2) is 37.4 Å². The molecule has 166 valence electrons. The second kappa shape index (κ2) is 6.01. The summed E-state index contributed by atoms with van der Waals surface area (Å²) >= 11 is 0. The first-order chi connectivity index (χ1) is 13.5. The van der Waals surface area contributed by atoms with Crippen LogP contribution in [0.3, 0.4) is 0 Å². The molecule has 5 aliphatic carbocycles. The molecular weight excluding hydrogens is 356 g/mol. The molecule has 5 rings (SSSR count). The predicted molar refractivity (Wildman–Crippen MR) is 120 cm³/mol. The Labute approximate surface area is 179 Å². The van der Waals surface area contributed by atoms with Crippen molar-refractivity contribution in [3.63, 3.8) is 0 Å². The molecule has 3 nitrogen and oxygen atoms in total. The van der Waals surface area contributed by atoms with Crippen LogP contribution < -0.4 is 10.6 Å². The van der Waals surface area contributed by atoms with Crippen molar-refractivity contribution in [2.75, 3.05) is 14.1 Å². The molecule has 29 heavy (non-hydrogen) atoms. The maximum Gasteiger partial charge on any atom is 0.0594 e. The van der Waals surface area contributed by atoms with Crippen molar-refractivity contribution in [1.82, 2.24) is 10.6 Å². The molecular formula is C26H46N2O. The Morgan fingerprint density at radius 1 is 0.862 bits per heavy atom. The number of nitrogens with one attached hydrogen (secondary N) is 2. The SMILES string of the molecule is CN[C@@H](C)C1[C@H](O)C[C@@]2(C)[C@@H]3CCC4C(C)(C)[C@@H](NC)CC[C@@]45C[C@@]35CC[C@]12C. The number of rotatable bonds is 3. The van der Waals surface area contributed by atoms with Crippen molar-refractivity contribution in [1.29, 1.82) is 0 Å². The van der Waals surface area contributed by atoms with Crippen LogP contribution >= 0.6 is 0 Å². The highest BCUT2D eigenvalue weighted by Gasteiger charge is 2.82. The lowest BCUT2D eigenvalue weighted by atomic mass is 9.42. The largest absolute Gasteiger partial charge is 0.393 e. The smallest absolute Gasteiger partial charge is 0.0594 e. The summed E-state index contributed by atoms with van der Waals surface area (Å²) in [6, 6.07) is 1.06. The molecule has 5 fully saturated rings. The third-order valence-electron chi connectivity index (χ3n) is 12.5. The van der Waals surface area contributed by atoms with Crippen LogP contribution in [0.25, 0.3) is 0 Å². The first-order valence-corrected chi connectivity index (χ1v) is 12.6. The topological polar surface area (TPSA) is 44.3 Å². The summed E-state index contributed by atoms with van der Waals surface area (Å²) in [6.45, 7) is 12.6. The highest BCUT2D eigenvalue weighted by atomic mass is 16.3. The molecule has 0 aromatic carbocycles. The van der Waals surface area contributed by atoms with Gasteiger partial charge in [0.2, 0.25) is 0 Å². The summed E-state index contributed by atoms with van der Waals surface area (Å²) in [4.78, 5) is 0. The lowest BCUT2D eigenvalue weighted by Crippen LogP contribution is -2.59. The van der Waals surface area contributed by atoms with Gasteiger partial charge in [-0.05, 0) is 111 Å². The Morgan fingerprint density at radius 2 is 1.52 bits per heavy atom. The Kier molecular flexibility index (Phi) is 4.31. The summed E-state index contributed by atoms with van der Waals surface area (Å²) in [5, 5.41) is 18.4. The summed E-state index contributed by atoms with van der Waals surface area (Å²) in [6.07, 6.45) is 10.7. The molecule has 0 radical (unpaired) electrons. The van der Waals surface area contributed by atoms with Gasteiger partial charge in [-0.25, -0.2) is 0 Å². The molecule has 0 bridgehead atoms. The molecule has 3 N–H and O–H groups in total. The van der Waals surface area contributed by atoms with Gasteiger partial charge in [0.25, 0.3) is 0 Å². The van der Waals surface area contributed by atoms with Crippen molar-refractivity contribution >= 4 is 0 Å². The number of hydrogen-bond acceptors (Lipinski definition) is 3. The van der Waals surface area contributed by atoms with Gasteiger partial charge in [-0.3, -0.25) is 0 Å². The van der Waals surface area contributed by atoms with Crippen LogP contribution in [0, 0.1) is 44.8 Å². The third kappa shape index (κ3) is 2.16. The van der Waals surface area contributed by atoms with Crippen LogP contribution in [0.2, 0.25) is 0 Å². The second-order valence-electron chi connectivity index (χ2n) is 13.1. The van der Waals surface area contributed by atoms with E-state index in [1.165, 1.54) is 44.9 Å². The molecule has 0 amide bonds. The van der Waals surface area contributed by atoms with E-state index in [4.69, 9.17) is 0 Å². The normalized spacial score (nSPS) is 58.6. The fourth-order valence-electron chi connectivity index (χ4n) is 11.1. The zero-order valence-electron chi connectivity index (χ0n) is 20.1. The van der Waals surface area contributed by atoms with Crippen LogP contribution in [-0.2, 0) is 0 Å². The highest BCUT2D eigenvalue weighted by Crippen LogP contribution is 2.88. The van der Waals surface area contributed by atoms with Crippen LogP contribution in [0.1, 0.15) is 86.0 Å². The second-order valence-corrected chi connectivity index (χ2v) is 13.1. The lowest BCUT2D eigenvalue weighted by Gasteiger charge is -2.63. The number of fused-ring (bicyclic) bond motifs is 2. The monoisotopic (exact) mass is 402 g/mol. The van der Waals surface area contributed by atoms with E-state index >= 15 is 0 Å². The van der Waals surface area contributed by atoms with Crippen molar-refractivity contribution in [2.24, 2.45) is 44.8 Å². The van der Waals surface area contributed by atoms with E-state index in [9.17, 15) is 5.11 Å². The molecule has 2 spiro atoms. The minimum atomic E-state index is -0.147. The van der Waals surface area contributed by atoms with E-state index in [-0.39, 0.29) is 11.5 Å². The molecule has 0 saturated heterocycles. The molecule has 0 heterocycles. The van der Waals surface area contributed by atoms with Crippen LogP contribution in [0.5, 0.6) is 0 Å². The minimum absolute atomic E-state index is 0.147. The summed E-state index contributed by atoms with van der Waals surface area (Å²) in [5.74, 6) is 2.08. The Bertz CT molecular complexity index is 692. The summed E-state index contributed by atoms with van der Waals surface area (Å²) in [7, 11) is 4.25. The van der Waals surface area contributed by atoms with Crippen molar-refractivity contribution in [2.45, 2.75) is 104 Å². The number of aliphatic hydroxyl groups excluding tert-OH is 1. The Morgan fingerprint density at radius 3 is 2.17 bits per heavy atom. The van der Waals surface area contributed by atoms with Gasteiger partial charge in [0.05, 0.1) is 6.10 Å². The average molecular weight is 403 g/mol. The molecule has 5 aliphatic rings. The van der Waals surface area contributed by atoms with Crippen LogP contribution in [0.15, 0.2) is 0 Å². The van der Waals surface area contributed by atoms with Gasteiger partial charge in [0.15, 0.2) is 0 Å². The van der Waals surface area contributed by atoms with Crippen LogP contribution in [0.4, 0.5) is 0 Å². The molecule has 3 heteroatoms. The number of hydrogen-bond donors (Lipinski definition) is 3. The van der Waals surface area contributed by atoms with Gasteiger partial charge < -0.3 is 15.7 Å². The lowest BCUT2D eigenvalue weighted by molar-refractivity contribution is -0.144. The molecule has 2 unspecified atom stereocenters. The Hall–Kier alpha value is -0.120. The van der Waals surface area contributed by atoms with Gasteiger partial charge in [0, 0.05) is 18.0 Å². The average Bonchev–Trinajstić information content (AvgIpc) is 3.26. The number of aliphatic hydroxyl groups is 1. The molecule has 0 aliphatic heterocycles. The van der Waals surface area contributed by atoms with E-state index in [1.54, 1.807) is 0 Å². The van der Waals surface area contributed by atoms with E-state index in [1.807, 2.05) is 0 Å². The van der Waals surface area contributed by atoms with Gasteiger partial charge >= 0.3 is 0 Å². The van der Waals surface area contributed by atoms with E-state index in [0.717, 1.165) is 18.3 Å². The van der Waals surface area contributed by atoms with Gasteiger partial charge in [0.1, 0.15) is 0 Å². The van der Waals surface area contributed by atoms with E-state index < -0.39 is 0 Å². The fourth-order valence-corrected chi connectivity index (χ4v) is 11.1. The molecule has 5 saturated carbocycles. The van der Waals surface area contributed by atoms with Crippen molar-refractivity contribution in [3.8, 4) is 0 Å². The molecule has 0 aromatic heterocycles. The Balaban J connectivity index is 1.52. The standard InChI is InChI=1S/C26H46N2O/c1-16(27-6)21-17(29)14-24(5)19-9-8-18-22(2,3)20(28-7)10-11-25(18)15-26(19,25)13-12-23(21,24)4/h16-21,27-29H,8-15H2,1-7H3/t16-,17+,18?,19-,20-,21?,23+,24-,25+,26-/m0/s1. The first kappa shape index (κ1) is 20.8. The maximum absolute atomic E-state index is 11.3. The van der Waals surface area contributed by atoms with Gasteiger partial charge in [-0.1, -0.05) is 27.7 Å². The maximum atomic E-state index is 11.3. The predicted octanol–water partition coefficient (Wildman–Crippen LogP) is 4.59. The quantitative estimate of drug-likeness (QED) is 0.647.